The number of halogens is 1. The van der Waals surface area contributed by atoms with Crippen LogP contribution in [-0.4, -0.2) is 120 Å². The number of imide groups is 1. The van der Waals surface area contributed by atoms with Gasteiger partial charge in [0.05, 0.1) is 29.4 Å². The van der Waals surface area contributed by atoms with Gasteiger partial charge in [0.25, 0.3) is 11.8 Å². The second-order valence-corrected chi connectivity index (χ2v) is 19.8. The van der Waals surface area contributed by atoms with Crippen LogP contribution in [0.15, 0.2) is 103 Å². The van der Waals surface area contributed by atoms with E-state index in [4.69, 9.17) is 14.5 Å². The van der Waals surface area contributed by atoms with Gasteiger partial charge in [0, 0.05) is 92.2 Å². The molecule has 5 amide bonds. The van der Waals surface area contributed by atoms with E-state index in [2.05, 4.69) is 62.5 Å². The van der Waals surface area contributed by atoms with Crippen molar-refractivity contribution < 1.29 is 37.8 Å². The van der Waals surface area contributed by atoms with Gasteiger partial charge in [-0.3, -0.25) is 43.7 Å². The Labute approximate surface area is 417 Å². The molecule has 1 saturated carbocycles. The van der Waals surface area contributed by atoms with E-state index < -0.39 is 40.9 Å². The van der Waals surface area contributed by atoms with Crippen molar-refractivity contribution in [2.45, 2.75) is 70.5 Å². The van der Waals surface area contributed by atoms with Crippen LogP contribution < -0.4 is 35.6 Å². The number of pyridine rings is 1. The number of fused-ring (bicyclic) bond motifs is 2. The Morgan fingerprint density at radius 2 is 1.54 bits per heavy atom. The molecule has 17 heteroatoms. The van der Waals surface area contributed by atoms with Crippen molar-refractivity contribution in [1.82, 2.24) is 25.0 Å². The normalized spacial score (nSPS) is 21.3. The number of ether oxygens (including phenoxy) is 2. The molecule has 16 nitrogen and oxygen atoms in total. The molecular formula is C55H60FN9O7. The van der Waals surface area contributed by atoms with Gasteiger partial charge in [-0.1, -0.05) is 12.6 Å². The lowest BCUT2D eigenvalue weighted by Gasteiger charge is -2.47. The zero-order chi connectivity index (χ0) is 50.3. The van der Waals surface area contributed by atoms with Gasteiger partial charge < -0.3 is 35.6 Å². The second kappa shape index (κ2) is 20.0. The molecule has 1 aliphatic carbocycles. The molecule has 5 heterocycles. The number of carbonyl (C=O) groups is 5. The van der Waals surface area contributed by atoms with Gasteiger partial charge in [0.2, 0.25) is 17.7 Å². The molecule has 72 heavy (non-hydrogen) atoms. The maximum Gasteiger partial charge on any atom is 0.264 e. The van der Waals surface area contributed by atoms with E-state index >= 15 is 0 Å². The first-order valence-corrected chi connectivity index (χ1v) is 24.9. The van der Waals surface area contributed by atoms with Crippen LogP contribution in [0, 0.1) is 17.2 Å². The summed E-state index contributed by atoms with van der Waals surface area (Å²) in [7, 11) is 1.68. The van der Waals surface area contributed by atoms with Crippen LogP contribution in [0.25, 0.3) is 10.9 Å². The SMILES string of the molecule is C=C1CCC(N2C(=O)c3cccc(NCCN4CC(C)N(CC5CCN(c6cc7nccc(Oc8ccc(NC(=O)C9(C(=O)Nc%10ccc(F)cc%10)CC9)cc8)c7cc6OC)CC5)C(C)C4)c3C2=O)C(=O)N1. The molecular weight excluding hydrogens is 918 g/mol. The van der Waals surface area contributed by atoms with E-state index in [0.717, 1.165) is 79.3 Å². The number of piperazine rings is 1. The lowest BCUT2D eigenvalue weighted by molar-refractivity contribution is -0.131. The summed E-state index contributed by atoms with van der Waals surface area (Å²) in [4.78, 5) is 79.4. The number of amides is 5. The highest BCUT2D eigenvalue weighted by Crippen LogP contribution is 2.48. The summed E-state index contributed by atoms with van der Waals surface area (Å²) in [5.41, 5.74) is 3.41. The summed E-state index contributed by atoms with van der Waals surface area (Å²) in [6, 6.07) is 23.4. The molecule has 374 valence electrons. The third-order valence-electron chi connectivity index (χ3n) is 15.0. The van der Waals surface area contributed by atoms with Gasteiger partial charge >= 0.3 is 0 Å². The number of hydrogen-bond donors (Lipinski definition) is 4. The maximum absolute atomic E-state index is 13.6. The van der Waals surface area contributed by atoms with Crippen molar-refractivity contribution in [2.24, 2.45) is 11.3 Å². The number of piperidine rings is 2. The van der Waals surface area contributed by atoms with Crippen molar-refractivity contribution in [3.63, 3.8) is 0 Å². The van der Waals surface area contributed by atoms with E-state index in [1.165, 1.54) is 24.3 Å². The van der Waals surface area contributed by atoms with Gasteiger partial charge in [0.15, 0.2) is 0 Å². The molecule has 3 saturated heterocycles. The van der Waals surface area contributed by atoms with Gasteiger partial charge in [-0.2, -0.15) is 0 Å². The maximum atomic E-state index is 13.6. The lowest BCUT2D eigenvalue weighted by Crippen LogP contribution is -2.58. The Bertz CT molecular complexity index is 2930. The van der Waals surface area contributed by atoms with Crippen LogP contribution in [0.1, 0.15) is 73.1 Å². The average molecular weight is 978 g/mol. The minimum atomic E-state index is -1.17. The number of nitrogens with one attached hydrogen (secondary N) is 4. The predicted molar refractivity (Wildman–Crippen MR) is 273 cm³/mol. The number of allylic oxidation sites excluding steroid dienone is 1. The first-order chi connectivity index (χ1) is 34.8. The molecule has 3 atom stereocenters. The molecule has 4 fully saturated rings. The third-order valence-corrected chi connectivity index (χ3v) is 15.0. The molecule has 0 bridgehead atoms. The van der Waals surface area contributed by atoms with E-state index in [0.29, 0.717) is 95.6 Å². The Kier molecular flexibility index (Phi) is 13.4. The fourth-order valence-electron chi connectivity index (χ4n) is 10.8. The first-order valence-electron chi connectivity index (χ1n) is 24.9. The number of nitrogens with zero attached hydrogens (tertiary/aromatic N) is 5. The van der Waals surface area contributed by atoms with Crippen molar-refractivity contribution in [3.05, 3.63) is 120 Å². The Morgan fingerprint density at radius 3 is 2.19 bits per heavy atom. The predicted octanol–water partition coefficient (Wildman–Crippen LogP) is 7.64. The summed E-state index contributed by atoms with van der Waals surface area (Å²) < 4.78 is 25.7. The Morgan fingerprint density at radius 1 is 0.861 bits per heavy atom. The van der Waals surface area contributed by atoms with Gasteiger partial charge in [-0.25, -0.2) is 4.39 Å². The highest BCUT2D eigenvalue weighted by molar-refractivity contribution is 6.25. The van der Waals surface area contributed by atoms with Crippen LogP contribution in [0.4, 0.5) is 27.1 Å². The minimum Gasteiger partial charge on any atom is -0.495 e. The monoisotopic (exact) mass is 977 g/mol. The highest BCUT2D eigenvalue weighted by Gasteiger charge is 2.56. The van der Waals surface area contributed by atoms with Crippen molar-refractivity contribution in [2.75, 3.05) is 73.8 Å². The van der Waals surface area contributed by atoms with E-state index in [-0.39, 0.29) is 5.91 Å². The van der Waals surface area contributed by atoms with E-state index in [1.807, 2.05) is 18.2 Å². The molecule has 0 spiro atoms. The summed E-state index contributed by atoms with van der Waals surface area (Å²) >= 11 is 0. The lowest BCUT2D eigenvalue weighted by atomic mass is 9.93. The topological polar surface area (TPSA) is 178 Å². The van der Waals surface area contributed by atoms with Crippen LogP contribution >= 0.6 is 0 Å². The van der Waals surface area contributed by atoms with E-state index in [9.17, 15) is 28.4 Å². The summed E-state index contributed by atoms with van der Waals surface area (Å²) in [6.45, 7) is 14.5. The number of hydrogen-bond acceptors (Lipinski definition) is 12. The highest BCUT2D eigenvalue weighted by atomic mass is 19.1. The largest absolute Gasteiger partial charge is 0.495 e. The van der Waals surface area contributed by atoms with Gasteiger partial charge in [0.1, 0.15) is 34.5 Å². The molecule has 5 aliphatic rings. The van der Waals surface area contributed by atoms with Gasteiger partial charge in [-0.05, 0) is 137 Å². The van der Waals surface area contributed by atoms with Crippen LogP contribution in [0.3, 0.4) is 0 Å². The molecule has 5 aromatic rings. The number of benzene rings is 4. The average Bonchev–Trinajstić information content (AvgIpc) is 4.15. The zero-order valence-corrected chi connectivity index (χ0v) is 40.8. The number of methoxy groups -OCH3 is 1. The first kappa shape index (κ1) is 48.3. The number of carbonyl (C=O) groups excluding carboxylic acids is 5. The molecule has 4 aromatic carbocycles. The molecule has 3 unspecified atom stereocenters. The fraction of sp³-hybridized carbons (Fsp3) is 0.382. The Hall–Kier alpha value is -7.37. The summed E-state index contributed by atoms with van der Waals surface area (Å²) in [5.74, 6) is -0.0253. The van der Waals surface area contributed by atoms with Crippen LogP contribution in [0.2, 0.25) is 0 Å². The number of anilines is 4. The van der Waals surface area contributed by atoms with E-state index in [1.54, 1.807) is 49.7 Å². The molecule has 4 aliphatic heterocycles. The van der Waals surface area contributed by atoms with Crippen LogP contribution in [0.5, 0.6) is 17.2 Å². The molecule has 4 N–H and O–H groups in total. The molecule has 1 aromatic heterocycles. The smallest absolute Gasteiger partial charge is 0.264 e. The molecule has 10 rings (SSSR count). The molecule has 0 radical (unpaired) electrons. The number of rotatable bonds is 15. The van der Waals surface area contributed by atoms with Crippen molar-refractivity contribution >= 4 is 63.2 Å². The quantitative estimate of drug-likeness (QED) is 0.0597. The number of aromatic nitrogens is 1. The summed E-state index contributed by atoms with van der Waals surface area (Å²) in [5, 5.41) is 12.5. The van der Waals surface area contributed by atoms with Crippen LogP contribution in [-0.2, 0) is 14.4 Å². The minimum absolute atomic E-state index is 0.323. The van der Waals surface area contributed by atoms with Crippen molar-refractivity contribution in [1.29, 1.82) is 0 Å². The zero-order valence-electron chi connectivity index (χ0n) is 40.8. The second-order valence-electron chi connectivity index (χ2n) is 19.8. The Balaban J connectivity index is 0.702. The summed E-state index contributed by atoms with van der Waals surface area (Å²) in [6.07, 6.45) is 5.54. The third kappa shape index (κ3) is 9.70. The standard InChI is InChI=1S/C55H60FN9O7/c1-33-8-17-45(50(66)59-33)65-51(67)41-6-5-7-43(49(41)52(65)68)58-24-27-62-30-34(2)64(35(3)31-62)32-36-19-25-63(26-20-36)46-29-44-42(28-48(46)71-4)47(18-23-57-44)72-40-15-13-39(14-16-40)61-54(70)55(21-22-55)53(69)60-38-11-9-37(56)10-12-38/h5-7,9-16,18,23,28-29,34-36,45,58H,1,8,17,19-22,24-27,30-32H2,2-4H3,(H,59,66)(H,60,69)(H,61,70). The fourth-order valence-corrected chi connectivity index (χ4v) is 10.8. The van der Waals surface area contributed by atoms with Gasteiger partial charge in [-0.15, -0.1) is 0 Å². The van der Waals surface area contributed by atoms with Crippen molar-refractivity contribution in [3.8, 4) is 17.2 Å².